The molecule has 1 aliphatic carbocycles. The topological polar surface area (TPSA) is 122 Å². The fraction of sp³-hybridized carbons (Fsp3) is 0.467. The Morgan fingerprint density at radius 1 is 1.43 bits per heavy atom. The van der Waals surface area contributed by atoms with Crippen LogP contribution in [0.2, 0.25) is 0 Å². The highest BCUT2D eigenvalue weighted by Gasteiger charge is 2.26. The lowest BCUT2D eigenvalue weighted by atomic mass is 10.1. The molecule has 1 saturated carbocycles. The minimum atomic E-state index is -1.07. The van der Waals surface area contributed by atoms with E-state index in [1.54, 1.807) is 0 Å². The van der Waals surface area contributed by atoms with Crippen LogP contribution in [-0.4, -0.2) is 34.0 Å². The molecule has 124 valence electrons. The van der Waals surface area contributed by atoms with Crippen LogP contribution in [0.15, 0.2) is 18.2 Å². The van der Waals surface area contributed by atoms with Crippen molar-refractivity contribution in [3.05, 3.63) is 33.9 Å². The van der Waals surface area contributed by atoms with Gasteiger partial charge >= 0.3 is 5.97 Å². The normalized spacial score (nSPS) is 14.8. The van der Waals surface area contributed by atoms with Gasteiger partial charge in [-0.3, -0.25) is 14.9 Å². The van der Waals surface area contributed by atoms with Gasteiger partial charge in [0.2, 0.25) is 0 Å². The number of carbonyl (C=O) groups is 2. The van der Waals surface area contributed by atoms with Gasteiger partial charge in [-0.15, -0.1) is 0 Å². The Morgan fingerprint density at radius 3 is 2.65 bits per heavy atom. The molecule has 1 fully saturated rings. The average Bonchev–Trinajstić information content (AvgIpc) is 3.30. The lowest BCUT2D eigenvalue weighted by Gasteiger charge is -2.15. The summed E-state index contributed by atoms with van der Waals surface area (Å²) in [5, 5.41) is 25.8. The van der Waals surface area contributed by atoms with E-state index < -0.39 is 16.9 Å². The summed E-state index contributed by atoms with van der Waals surface area (Å²) in [6, 6.07) is 3.25. The lowest BCUT2D eigenvalue weighted by molar-refractivity contribution is -0.384. The Bertz CT molecular complexity index is 628. The molecule has 0 spiro atoms. The molecule has 1 aliphatic rings. The number of carboxylic acid groups (broad SMARTS) is 1. The number of aliphatic carboxylic acids is 1. The molecule has 2 rings (SSSR count). The summed E-state index contributed by atoms with van der Waals surface area (Å²) in [7, 11) is 0. The van der Waals surface area contributed by atoms with E-state index in [0.29, 0.717) is 12.8 Å². The number of nitro benzene ring substituents is 1. The minimum Gasteiger partial charge on any atom is -0.480 e. The predicted octanol–water partition coefficient (Wildman–Crippen LogP) is 2.15. The first kappa shape index (κ1) is 16.7. The zero-order chi connectivity index (χ0) is 17.0. The summed E-state index contributed by atoms with van der Waals surface area (Å²) in [6.07, 6.45) is 2.81. The smallest absolute Gasteiger partial charge is 0.326 e. The lowest BCUT2D eigenvalue weighted by Crippen LogP contribution is -2.29. The third kappa shape index (κ3) is 4.41. The van der Waals surface area contributed by atoms with Crippen LogP contribution in [0.3, 0.4) is 0 Å². The number of rotatable bonds is 8. The van der Waals surface area contributed by atoms with Crippen LogP contribution in [0.25, 0.3) is 0 Å². The quantitative estimate of drug-likeness (QED) is 0.498. The molecule has 0 heterocycles. The van der Waals surface area contributed by atoms with E-state index in [0.717, 1.165) is 12.8 Å². The van der Waals surface area contributed by atoms with Crippen molar-refractivity contribution in [2.75, 3.05) is 5.32 Å². The van der Waals surface area contributed by atoms with Crippen molar-refractivity contribution in [2.45, 2.75) is 44.7 Å². The van der Waals surface area contributed by atoms with Gasteiger partial charge in [-0.25, -0.2) is 4.79 Å². The highest BCUT2D eigenvalue weighted by molar-refractivity contribution is 5.96. The zero-order valence-electron chi connectivity index (χ0n) is 12.7. The van der Waals surface area contributed by atoms with Gasteiger partial charge in [0.15, 0.2) is 0 Å². The maximum Gasteiger partial charge on any atom is 0.326 e. The van der Waals surface area contributed by atoms with Crippen LogP contribution in [0.4, 0.5) is 11.4 Å². The van der Waals surface area contributed by atoms with Gasteiger partial charge in [0.25, 0.3) is 11.6 Å². The molecule has 0 aromatic heterocycles. The van der Waals surface area contributed by atoms with Crippen molar-refractivity contribution >= 4 is 23.3 Å². The molecule has 0 bridgehead atoms. The van der Waals surface area contributed by atoms with E-state index in [1.807, 2.05) is 6.92 Å². The molecule has 1 unspecified atom stereocenters. The summed E-state index contributed by atoms with van der Waals surface area (Å²) >= 11 is 0. The number of nitro groups is 1. The van der Waals surface area contributed by atoms with Crippen LogP contribution >= 0.6 is 0 Å². The summed E-state index contributed by atoms with van der Waals surface area (Å²) < 4.78 is 0. The molecule has 1 aromatic rings. The van der Waals surface area contributed by atoms with Gasteiger partial charge in [-0.1, -0.05) is 13.3 Å². The van der Waals surface area contributed by atoms with E-state index >= 15 is 0 Å². The first-order valence-electron chi connectivity index (χ1n) is 7.51. The molecule has 0 radical (unpaired) electrons. The van der Waals surface area contributed by atoms with E-state index in [4.69, 9.17) is 5.11 Å². The number of carboxylic acids is 1. The Hall–Kier alpha value is -2.64. The number of carbonyl (C=O) groups excluding carboxylic acids is 1. The van der Waals surface area contributed by atoms with E-state index in [2.05, 4.69) is 10.6 Å². The number of benzene rings is 1. The number of anilines is 1. The van der Waals surface area contributed by atoms with Gasteiger partial charge in [0.1, 0.15) is 11.7 Å². The summed E-state index contributed by atoms with van der Waals surface area (Å²) in [5.74, 6) is -1.43. The fourth-order valence-corrected chi connectivity index (χ4v) is 2.18. The van der Waals surface area contributed by atoms with Crippen molar-refractivity contribution < 1.29 is 19.6 Å². The number of hydrogen-bond donors (Lipinski definition) is 3. The maximum absolute atomic E-state index is 12.0. The zero-order valence-corrected chi connectivity index (χ0v) is 12.7. The highest BCUT2D eigenvalue weighted by atomic mass is 16.6. The van der Waals surface area contributed by atoms with Crippen LogP contribution < -0.4 is 10.6 Å². The molecular weight excluding hydrogens is 302 g/mol. The van der Waals surface area contributed by atoms with Gasteiger partial charge in [0.05, 0.1) is 4.92 Å². The van der Waals surface area contributed by atoms with Gasteiger partial charge in [-0.05, 0) is 31.4 Å². The van der Waals surface area contributed by atoms with Crippen LogP contribution in [0.5, 0.6) is 0 Å². The minimum absolute atomic E-state index is 0.0961. The van der Waals surface area contributed by atoms with Gasteiger partial charge in [-0.2, -0.15) is 0 Å². The number of amides is 1. The molecule has 8 nitrogen and oxygen atoms in total. The van der Waals surface area contributed by atoms with Crippen LogP contribution in [0, 0.1) is 10.1 Å². The largest absolute Gasteiger partial charge is 0.480 e. The van der Waals surface area contributed by atoms with E-state index in [9.17, 15) is 19.7 Å². The molecule has 0 aliphatic heterocycles. The fourth-order valence-electron chi connectivity index (χ4n) is 2.18. The standard InChI is InChI=1S/C15H19N3O5/c1-2-3-12(15(20)21)17-11-7-4-9(8-13(11)18(22)23)14(19)16-10-5-6-10/h4,7-8,10,12,17H,2-3,5-6H2,1H3,(H,16,19)(H,20,21). The van der Waals surface area contributed by atoms with Crippen LogP contribution in [0.1, 0.15) is 43.0 Å². The summed E-state index contributed by atoms with van der Waals surface area (Å²) in [4.78, 5) is 33.8. The van der Waals surface area contributed by atoms with Gasteiger partial charge < -0.3 is 15.7 Å². The average molecular weight is 321 g/mol. The molecule has 1 amide bonds. The van der Waals surface area contributed by atoms with Crippen molar-refractivity contribution in [3.8, 4) is 0 Å². The summed E-state index contributed by atoms with van der Waals surface area (Å²) in [5.41, 5.74) is -0.0221. The van der Waals surface area contributed by atoms with Crippen LogP contribution in [-0.2, 0) is 4.79 Å². The molecule has 1 aromatic carbocycles. The van der Waals surface area contributed by atoms with Crippen molar-refractivity contribution in [1.29, 1.82) is 0 Å². The van der Waals surface area contributed by atoms with Gasteiger partial charge in [0, 0.05) is 17.7 Å². The molecule has 1 atom stereocenters. The first-order chi connectivity index (χ1) is 10.9. The second-order valence-corrected chi connectivity index (χ2v) is 5.56. The highest BCUT2D eigenvalue weighted by Crippen LogP contribution is 2.27. The van der Waals surface area contributed by atoms with E-state index in [-0.39, 0.29) is 28.9 Å². The molecule has 0 saturated heterocycles. The maximum atomic E-state index is 12.0. The number of hydrogen-bond acceptors (Lipinski definition) is 5. The number of nitrogens with zero attached hydrogens (tertiary/aromatic N) is 1. The Morgan fingerprint density at radius 2 is 2.13 bits per heavy atom. The number of nitrogens with one attached hydrogen (secondary N) is 2. The molecule has 3 N–H and O–H groups in total. The third-order valence-electron chi connectivity index (χ3n) is 3.57. The van der Waals surface area contributed by atoms with Crippen molar-refractivity contribution in [1.82, 2.24) is 5.32 Å². The SMILES string of the molecule is CCCC(Nc1ccc(C(=O)NC2CC2)cc1[N+](=O)[O-])C(=O)O. The predicted molar refractivity (Wildman–Crippen MR) is 83.5 cm³/mol. The Labute approximate surface area is 133 Å². The van der Waals surface area contributed by atoms with Crippen molar-refractivity contribution in [2.24, 2.45) is 0 Å². The monoisotopic (exact) mass is 321 g/mol. The Balaban J connectivity index is 2.23. The van der Waals surface area contributed by atoms with Crippen molar-refractivity contribution in [3.63, 3.8) is 0 Å². The molecular formula is C15H19N3O5. The molecule has 23 heavy (non-hydrogen) atoms. The Kier molecular flexibility index (Phi) is 5.15. The summed E-state index contributed by atoms with van der Waals surface area (Å²) in [6.45, 7) is 1.83. The second-order valence-electron chi connectivity index (χ2n) is 5.56. The third-order valence-corrected chi connectivity index (χ3v) is 3.57. The van der Waals surface area contributed by atoms with E-state index in [1.165, 1.54) is 18.2 Å². The molecule has 8 heteroatoms. The second kappa shape index (κ2) is 7.08. The first-order valence-corrected chi connectivity index (χ1v) is 7.51.